The summed E-state index contributed by atoms with van der Waals surface area (Å²) in [5.41, 5.74) is 10.1. The van der Waals surface area contributed by atoms with E-state index < -0.39 is 0 Å². The summed E-state index contributed by atoms with van der Waals surface area (Å²) in [7, 11) is 0. The minimum absolute atomic E-state index is 0.194. The molecular weight excluding hydrogens is 479 g/mol. The van der Waals surface area contributed by atoms with Crippen molar-refractivity contribution in [3.8, 4) is 0 Å². The summed E-state index contributed by atoms with van der Waals surface area (Å²) in [5.74, 6) is 0. The molecule has 0 aromatic carbocycles. The molecule has 132 valence electrons. The second-order valence-corrected chi connectivity index (χ2v) is 5.48. The highest BCUT2D eigenvalue weighted by atomic mass is 35.5. The monoisotopic (exact) mass is 494 g/mol. The fourth-order valence-electron chi connectivity index (χ4n) is 0.118. The molecule has 0 saturated heterocycles. The van der Waals surface area contributed by atoms with E-state index in [1.165, 1.54) is 0 Å². The summed E-state index contributed by atoms with van der Waals surface area (Å²) >= 11 is 47.6. The molecular formula is C8H20Cl10N2. The Hall–Kier alpha value is 2.82. The number of nitrogens with two attached hydrogens (primary N) is 2. The van der Waals surface area contributed by atoms with Crippen molar-refractivity contribution in [2.75, 3.05) is 39.8 Å². The van der Waals surface area contributed by atoms with Crippen molar-refractivity contribution >= 4 is 116 Å². The quantitative estimate of drug-likeness (QED) is 0.433. The molecule has 0 amide bonds. The van der Waals surface area contributed by atoms with Crippen molar-refractivity contribution in [3.63, 3.8) is 0 Å². The first-order valence-electron chi connectivity index (χ1n) is 4.49. The van der Waals surface area contributed by atoms with Gasteiger partial charge in [-0.1, -0.05) is 0 Å². The number of hydrogen-bond donors (Lipinski definition) is 2. The van der Waals surface area contributed by atoms with E-state index in [1.54, 1.807) is 0 Å². The van der Waals surface area contributed by atoms with Crippen LogP contribution >= 0.6 is 116 Å². The first-order valence-corrected chi connectivity index (χ1v) is 9.83. The molecule has 0 fully saturated rings. The lowest BCUT2D eigenvalue weighted by atomic mass is 10.4. The third-order valence-corrected chi connectivity index (χ3v) is 0.408. The lowest BCUT2D eigenvalue weighted by Crippen LogP contribution is -2.06. The maximum atomic E-state index is 5.06. The maximum absolute atomic E-state index is 5.06. The van der Waals surface area contributed by atoms with Gasteiger partial charge in [0.1, 0.15) is 0 Å². The molecule has 0 aliphatic carbocycles. The molecule has 0 aliphatic rings. The largest absolute Gasteiger partial charge is 0.330 e. The molecule has 0 rings (SSSR count). The summed E-state index contributed by atoms with van der Waals surface area (Å²) < 4.78 is 0. The van der Waals surface area contributed by atoms with Gasteiger partial charge in [-0.3, -0.25) is 0 Å². The molecule has 2 nitrogen and oxygen atoms in total. The van der Waals surface area contributed by atoms with Crippen LogP contribution in [0, 0.1) is 0 Å². The number of rotatable bonds is 2. The van der Waals surface area contributed by atoms with E-state index in [0.29, 0.717) is 0 Å². The van der Waals surface area contributed by atoms with Gasteiger partial charge in [0.15, 0.2) is 0 Å². The van der Waals surface area contributed by atoms with Crippen LogP contribution in [0.2, 0.25) is 0 Å². The number of alkyl halides is 10. The van der Waals surface area contributed by atoms with E-state index in [2.05, 4.69) is 0 Å². The highest BCUT2D eigenvalue weighted by Gasteiger charge is 1.67. The molecule has 0 aromatic heterocycles. The zero-order valence-electron chi connectivity index (χ0n) is 10.6. The van der Waals surface area contributed by atoms with Crippen LogP contribution < -0.4 is 11.5 Å². The fourth-order valence-corrected chi connectivity index (χ4v) is 0.118. The highest BCUT2D eigenvalue weighted by Crippen LogP contribution is 1.74. The van der Waals surface area contributed by atoms with Crippen molar-refractivity contribution in [3.05, 3.63) is 0 Å². The third kappa shape index (κ3) is 352. The molecule has 12 heteroatoms. The average molecular weight is 499 g/mol. The van der Waals surface area contributed by atoms with Crippen LogP contribution in [-0.2, 0) is 0 Å². The Labute approximate surface area is 172 Å². The van der Waals surface area contributed by atoms with Crippen molar-refractivity contribution in [2.45, 2.75) is 6.42 Å². The van der Waals surface area contributed by atoms with Crippen LogP contribution in [0.3, 0.4) is 0 Å². The first-order chi connectivity index (χ1) is 9.49. The number of hydrogen-bond acceptors (Lipinski definition) is 2. The zero-order chi connectivity index (χ0) is 17.7. The van der Waals surface area contributed by atoms with Crippen molar-refractivity contribution in [1.82, 2.24) is 0 Å². The van der Waals surface area contributed by atoms with Gasteiger partial charge in [0.2, 0.25) is 0 Å². The normalized spacial score (nSPS) is 6.60. The Morgan fingerprint density at radius 3 is 0.500 bits per heavy atom. The summed E-state index contributed by atoms with van der Waals surface area (Å²) in [4.78, 5) is 0. The SMILES string of the molecule is ClCCl.ClCCl.ClCCl.ClCCl.ClCCl.NCCCN. The first kappa shape index (κ1) is 38.4. The Morgan fingerprint density at radius 2 is 0.500 bits per heavy atom. The standard InChI is InChI=1S/C3H10N2.5CH2Cl2/c4-2-1-3-5;5*2-1-3/h1-5H2;5*1H2. The van der Waals surface area contributed by atoms with Crippen molar-refractivity contribution in [2.24, 2.45) is 11.5 Å². The lowest BCUT2D eigenvalue weighted by Gasteiger charge is -1.81. The predicted octanol–water partition coefficient (Wildman–Crippen LogP) is 6.40. The van der Waals surface area contributed by atoms with Crippen LogP contribution in [-0.4, -0.2) is 39.8 Å². The summed E-state index contributed by atoms with van der Waals surface area (Å²) in [6.07, 6.45) is 0.944. The van der Waals surface area contributed by atoms with Gasteiger partial charge >= 0.3 is 0 Å². The van der Waals surface area contributed by atoms with E-state index in [0.717, 1.165) is 19.5 Å². The van der Waals surface area contributed by atoms with Crippen LogP contribution in [0.1, 0.15) is 6.42 Å². The summed E-state index contributed by atoms with van der Waals surface area (Å²) in [5, 5.41) is 0.972. The molecule has 0 aromatic rings. The van der Waals surface area contributed by atoms with Gasteiger partial charge in [0, 0.05) is 0 Å². The molecule has 20 heavy (non-hydrogen) atoms. The Balaban J connectivity index is -0.0000000299. The second-order valence-electron chi connectivity index (χ2n) is 1.44. The van der Waals surface area contributed by atoms with Gasteiger partial charge in [-0.05, 0) is 19.5 Å². The third-order valence-electron chi connectivity index (χ3n) is 0.408. The highest BCUT2D eigenvalue weighted by molar-refractivity contribution is 6.41. The van der Waals surface area contributed by atoms with Gasteiger partial charge in [0.05, 0.1) is 26.7 Å². The second kappa shape index (κ2) is 80.8. The topological polar surface area (TPSA) is 52.0 Å². The summed E-state index contributed by atoms with van der Waals surface area (Å²) in [6, 6.07) is 0. The lowest BCUT2D eigenvalue weighted by molar-refractivity contribution is 0.844. The molecule has 0 unspecified atom stereocenters. The molecule has 0 bridgehead atoms. The Morgan fingerprint density at radius 1 is 0.400 bits per heavy atom. The Bertz CT molecular complexity index is 61.6. The fraction of sp³-hybridized carbons (Fsp3) is 1.00. The van der Waals surface area contributed by atoms with Gasteiger partial charge in [-0.2, -0.15) is 0 Å². The molecule has 0 radical (unpaired) electrons. The molecule has 0 aliphatic heterocycles. The average Bonchev–Trinajstić information content (AvgIpc) is 2.35. The maximum Gasteiger partial charge on any atom is 0.0967 e. The van der Waals surface area contributed by atoms with Crippen LogP contribution in [0.25, 0.3) is 0 Å². The van der Waals surface area contributed by atoms with E-state index in [4.69, 9.17) is 127 Å². The Kier molecular flexibility index (Phi) is 155. The number of halogens is 10. The van der Waals surface area contributed by atoms with Crippen molar-refractivity contribution < 1.29 is 0 Å². The van der Waals surface area contributed by atoms with Gasteiger partial charge < -0.3 is 11.5 Å². The van der Waals surface area contributed by atoms with E-state index in [-0.39, 0.29) is 26.7 Å². The molecule has 4 N–H and O–H groups in total. The summed E-state index contributed by atoms with van der Waals surface area (Å²) in [6.45, 7) is 1.44. The molecule has 0 atom stereocenters. The van der Waals surface area contributed by atoms with Gasteiger partial charge in [-0.25, -0.2) is 0 Å². The minimum atomic E-state index is 0.194. The zero-order valence-corrected chi connectivity index (χ0v) is 18.2. The molecule has 0 spiro atoms. The van der Waals surface area contributed by atoms with Crippen LogP contribution in [0.4, 0.5) is 0 Å². The van der Waals surface area contributed by atoms with Crippen LogP contribution in [0.5, 0.6) is 0 Å². The van der Waals surface area contributed by atoms with Crippen molar-refractivity contribution in [1.29, 1.82) is 0 Å². The predicted molar refractivity (Wildman–Crippen MR) is 106 cm³/mol. The van der Waals surface area contributed by atoms with Crippen LogP contribution in [0.15, 0.2) is 0 Å². The van der Waals surface area contributed by atoms with Gasteiger partial charge in [0.25, 0.3) is 0 Å². The smallest absolute Gasteiger partial charge is 0.0967 e. The minimum Gasteiger partial charge on any atom is -0.330 e. The van der Waals surface area contributed by atoms with E-state index in [1.807, 2.05) is 0 Å². The van der Waals surface area contributed by atoms with E-state index in [9.17, 15) is 0 Å². The molecule has 0 saturated carbocycles. The van der Waals surface area contributed by atoms with Gasteiger partial charge in [-0.15, -0.1) is 116 Å². The molecule has 0 heterocycles. The van der Waals surface area contributed by atoms with E-state index >= 15 is 0 Å².